The van der Waals surface area contributed by atoms with Gasteiger partial charge < -0.3 is 25.8 Å². The van der Waals surface area contributed by atoms with Crippen LogP contribution >= 0.6 is 0 Å². The topological polar surface area (TPSA) is 95.9 Å². The number of hydrogen-bond acceptors (Lipinski definition) is 5. The molecule has 2 unspecified atom stereocenters. The maximum Gasteiger partial charge on any atom is 0.145 e. The molecule has 0 aromatic heterocycles. The summed E-state index contributed by atoms with van der Waals surface area (Å²) in [4.78, 5) is 0. The van der Waals surface area contributed by atoms with Gasteiger partial charge in [0.15, 0.2) is 0 Å². The van der Waals surface area contributed by atoms with Gasteiger partial charge in [-0.3, -0.25) is 0 Å². The first-order valence-corrected chi connectivity index (χ1v) is 3.99. The summed E-state index contributed by atoms with van der Waals surface area (Å²) >= 11 is 0. The van der Waals surface area contributed by atoms with Crippen LogP contribution in [-0.2, 0) is 4.74 Å². The summed E-state index contributed by atoms with van der Waals surface area (Å²) in [5, 5.41) is 27.4. The SMILES string of the molecule is CC[C@@]1(N)O[C@H](CO)C(O)C1O. The lowest BCUT2D eigenvalue weighted by Gasteiger charge is -2.25. The summed E-state index contributed by atoms with van der Waals surface area (Å²) in [7, 11) is 0. The summed E-state index contributed by atoms with van der Waals surface area (Å²) in [6, 6.07) is 0. The molecule has 72 valence electrons. The van der Waals surface area contributed by atoms with E-state index in [0.29, 0.717) is 6.42 Å². The van der Waals surface area contributed by atoms with Crippen molar-refractivity contribution >= 4 is 0 Å². The van der Waals surface area contributed by atoms with Gasteiger partial charge in [-0.15, -0.1) is 0 Å². The Hall–Kier alpha value is -0.200. The summed E-state index contributed by atoms with van der Waals surface area (Å²) in [6.45, 7) is 1.41. The summed E-state index contributed by atoms with van der Waals surface area (Å²) < 4.78 is 5.10. The molecule has 1 aliphatic heterocycles. The van der Waals surface area contributed by atoms with E-state index in [2.05, 4.69) is 0 Å². The van der Waals surface area contributed by atoms with E-state index >= 15 is 0 Å². The van der Waals surface area contributed by atoms with E-state index in [1.54, 1.807) is 6.92 Å². The molecule has 12 heavy (non-hydrogen) atoms. The van der Waals surface area contributed by atoms with Crippen LogP contribution in [0, 0.1) is 0 Å². The zero-order valence-corrected chi connectivity index (χ0v) is 6.97. The van der Waals surface area contributed by atoms with Crippen molar-refractivity contribution in [2.24, 2.45) is 5.73 Å². The van der Waals surface area contributed by atoms with Crippen LogP contribution in [-0.4, -0.2) is 46.0 Å². The summed E-state index contributed by atoms with van der Waals surface area (Å²) in [5.74, 6) is 0. The van der Waals surface area contributed by atoms with Crippen molar-refractivity contribution in [1.29, 1.82) is 0 Å². The Labute approximate surface area is 70.8 Å². The predicted octanol–water partition coefficient (Wildman–Crippen LogP) is -1.84. The van der Waals surface area contributed by atoms with E-state index in [-0.39, 0.29) is 6.61 Å². The Morgan fingerprint density at radius 1 is 1.50 bits per heavy atom. The lowest BCUT2D eigenvalue weighted by molar-refractivity contribution is -0.0906. The van der Waals surface area contributed by atoms with Crippen LogP contribution in [0.4, 0.5) is 0 Å². The molecular weight excluding hydrogens is 162 g/mol. The molecule has 0 spiro atoms. The minimum atomic E-state index is -1.22. The molecule has 1 saturated heterocycles. The smallest absolute Gasteiger partial charge is 0.145 e. The molecule has 5 heteroatoms. The van der Waals surface area contributed by atoms with Crippen molar-refractivity contribution in [1.82, 2.24) is 0 Å². The molecule has 0 aliphatic carbocycles. The highest BCUT2D eigenvalue weighted by Gasteiger charge is 2.50. The molecule has 4 atom stereocenters. The average molecular weight is 177 g/mol. The van der Waals surface area contributed by atoms with Crippen LogP contribution < -0.4 is 5.73 Å². The number of hydrogen-bond donors (Lipinski definition) is 4. The zero-order valence-electron chi connectivity index (χ0n) is 6.97. The molecule has 0 aromatic rings. The first-order chi connectivity index (χ1) is 5.55. The van der Waals surface area contributed by atoms with Gasteiger partial charge in [-0.1, -0.05) is 6.92 Å². The van der Waals surface area contributed by atoms with Crippen LogP contribution in [0.25, 0.3) is 0 Å². The van der Waals surface area contributed by atoms with Gasteiger partial charge in [-0.25, -0.2) is 0 Å². The molecular formula is C7H15NO4. The van der Waals surface area contributed by atoms with Gasteiger partial charge >= 0.3 is 0 Å². The van der Waals surface area contributed by atoms with Crippen molar-refractivity contribution < 1.29 is 20.1 Å². The molecule has 0 radical (unpaired) electrons. The third kappa shape index (κ3) is 1.34. The van der Waals surface area contributed by atoms with E-state index in [1.807, 2.05) is 0 Å². The Balaban J connectivity index is 2.72. The van der Waals surface area contributed by atoms with Gasteiger partial charge in [0.1, 0.15) is 24.0 Å². The number of rotatable bonds is 2. The quantitative estimate of drug-likeness (QED) is 0.397. The van der Waals surface area contributed by atoms with Crippen LogP contribution in [0.5, 0.6) is 0 Å². The first kappa shape index (κ1) is 9.88. The molecule has 5 nitrogen and oxygen atoms in total. The van der Waals surface area contributed by atoms with E-state index < -0.39 is 24.0 Å². The lowest BCUT2D eigenvalue weighted by Crippen LogP contribution is -2.50. The van der Waals surface area contributed by atoms with E-state index in [0.717, 1.165) is 0 Å². The average Bonchev–Trinajstić information content (AvgIpc) is 2.31. The lowest BCUT2D eigenvalue weighted by atomic mass is 10.0. The Bertz CT molecular complexity index is 165. The minimum Gasteiger partial charge on any atom is -0.394 e. The predicted molar refractivity (Wildman–Crippen MR) is 41.2 cm³/mol. The normalized spacial score (nSPS) is 48.2. The van der Waals surface area contributed by atoms with Gasteiger partial charge in [0, 0.05) is 0 Å². The molecule has 0 amide bonds. The molecule has 1 heterocycles. The van der Waals surface area contributed by atoms with Gasteiger partial charge in [0.25, 0.3) is 0 Å². The highest BCUT2D eigenvalue weighted by Crippen LogP contribution is 2.29. The van der Waals surface area contributed by atoms with Crippen LogP contribution in [0.3, 0.4) is 0 Å². The third-order valence-electron chi connectivity index (χ3n) is 2.31. The van der Waals surface area contributed by atoms with Crippen molar-refractivity contribution in [3.05, 3.63) is 0 Å². The van der Waals surface area contributed by atoms with Gasteiger partial charge in [0.05, 0.1) is 6.61 Å². The van der Waals surface area contributed by atoms with Gasteiger partial charge in [-0.05, 0) is 6.42 Å². The standard InChI is InChI=1S/C7H15NO4/c1-2-7(8)6(11)5(10)4(3-9)12-7/h4-6,9-11H,2-3,8H2,1H3/t4-,5?,6?,7-/m1/s1. The molecule has 0 saturated carbocycles. The van der Waals surface area contributed by atoms with Crippen LogP contribution in [0.2, 0.25) is 0 Å². The largest absolute Gasteiger partial charge is 0.394 e. The molecule has 0 bridgehead atoms. The van der Waals surface area contributed by atoms with Crippen molar-refractivity contribution in [3.8, 4) is 0 Å². The first-order valence-electron chi connectivity index (χ1n) is 3.99. The van der Waals surface area contributed by atoms with Crippen molar-refractivity contribution in [2.45, 2.75) is 37.4 Å². The second-order valence-electron chi connectivity index (χ2n) is 3.08. The number of aliphatic hydroxyl groups is 3. The van der Waals surface area contributed by atoms with E-state index in [1.165, 1.54) is 0 Å². The fourth-order valence-electron chi connectivity index (χ4n) is 1.35. The third-order valence-corrected chi connectivity index (χ3v) is 2.31. The minimum absolute atomic E-state index is 0.336. The fraction of sp³-hybridized carbons (Fsp3) is 1.00. The van der Waals surface area contributed by atoms with Gasteiger partial charge in [-0.2, -0.15) is 0 Å². The Morgan fingerprint density at radius 3 is 2.33 bits per heavy atom. The van der Waals surface area contributed by atoms with Gasteiger partial charge in [0.2, 0.25) is 0 Å². The molecule has 1 rings (SSSR count). The number of nitrogens with two attached hydrogens (primary N) is 1. The maximum absolute atomic E-state index is 9.41. The zero-order chi connectivity index (χ0) is 9.35. The highest BCUT2D eigenvalue weighted by molar-refractivity contribution is 4.97. The van der Waals surface area contributed by atoms with E-state index in [9.17, 15) is 10.2 Å². The van der Waals surface area contributed by atoms with Crippen molar-refractivity contribution in [2.75, 3.05) is 6.61 Å². The summed E-state index contributed by atoms with van der Waals surface area (Å²) in [6.07, 6.45) is -2.61. The van der Waals surface area contributed by atoms with E-state index in [4.69, 9.17) is 15.6 Å². The Morgan fingerprint density at radius 2 is 2.08 bits per heavy atom. The molecule has 0 aromatic carbocycles. The van der Waals surface area contributed by atoms with Crippen LogP contribution in [0.1, 0.15) is 13.3 Å². The molecule has 1 fully saturated rings. The highest BCUT2D eigenvalue weighted by atomic mass is 16.6. The Kier molecular flexibility index (Phi) is 2.70. The summed E-state index contributed by atoms with van der Waals surface area (Å²) in [5.41, 5.74) is 4.40. The molecule has 1 aliphatic rings. The monoisotopic (exact) mass is 177 g/mol. The second kappa shape index (κ2) is 3.27. The number of aliphatic hydroxyl groups excluding tert-OH is 3. The number of ether oxygens (including phenoxy) is 1. The second-order valence-corrected chi connectivity index (χ2v) is 3.08. The molecule has 5 N–H and O–H groups in total. The maximum atomic E-state index is 9.41. The van der Waals surface area contributed by atoms with Crippen molar-refractivity contribution in [3.63, 3.8) is 0 Å². The van der Waals surface area contributed by atoms with Crippen LogP contribution in [0.15, 0.2) is 0 Å². The fourth-order valence-corrected chi connectivity index (χ4v) is 1.35.